The van der Waals surface area contributed by atoms with E-state index in [1.165, 1.54) is 76.2 Å². The van der Waals surface area contributed by atoms with Crippen LogP contribution in [0.25, 0.3) is 11.4 Å². The van der Waals surface area contributed by atoms with Gasteiger partial charge in [0.2, 0.25) is 5.95 Å². The summed E-state index contributed by atoms with van der Waals surface area (Å²) in [7, 11) is 0. The van der Waals surface area contributed by atoms with Crippen molar-refractivity contribution in [1.82, 2.24) is 9.97 Å². The molecule has 166 valence electrons. The highest BCUT2D eigenvalue weighted by Gasteiger charge is 2.09. The molecule has 0 fully saturated rings. The third-order valence-corrected chi connectivity index (χ3v) is 5.89. The maximum atomic E-state index is 14.4. The van der Waals surface area contributed by atoms with Gasteiger partial charge in [-0.2, -0.15) is 9.37 Å². The molecule has 0 radical (unpaired) electrons. The van der Waals surface area contributed by atoms with Gasteiger partial charge in [-0.05, 0) is 31.2 Å². The number of nitrogens with zero attached hydrogens (tertiary/aromatic N) is 2. The summed E-state index contributed by atoms with van der Waals surface area (Å²) in [6.45, 7) is 4.49. The number of benzene rings is 1. The van der Waals surface area contributed by atoms with Crippen molar-refractivity contribution in [2.24, 2.45) is 0 Å². The molecule has 0 saturated heterocycles. The second-order valence-electron chi connectivity index (χ2n) is 8.60. The number of unbranched alkanes of at least 4 members (excludes halogenated alkanes) is 11. The number of hydrogen-bond donors (Lipinski definition) is 0. The van der Waals surface area contributed by atoms with Gasteiger partial charge in [0.15, 0.2) is 5.82 Å². The van der Waals surface area contributed by atoms with E-state index in [0.717, 1.165) is 31.2 Å². The molecule has 1 heterocycles. The Bertz CT molecular complexity index is 697. The van der Waals surface area contributed by atoms with Crippen LogP contribution >= 0.6 is 0 Å². The minimum atomic E-state index is -0.358. The zero-order valence-electron chi connectivity index (χ0n) is 19.3. The third kappa shape index (κ3) is 9.36. The minimum absolute atomic E-state index is 0.358. The molecule has 2 rings (SSSR count). The summed E-state index contributed by atoms with van der Waals surface area (Å²) < 4.78 is 14.4. The van der Waals surface area contributed by atoms with Gasteiger partial charge >= 0.3 is 0 Å². The largest absolute Gasteiger partial charge is 0.236 e. The molecule has 1 aromatic heterocycles. The fourth-order valence-electron chi connectivity index (χ4n) is 3.90. The van der Waals surface area contributed by atoms with E-state index in [1.807, 2.05) is 12.1 Å². The lowest BCUT2D eigenvalue weighted by molar-refractivity contribution is 0.544. The van der Waals surface area contributed by atoms with Gasteiger partial charge in [-0.15, -0.1) is 0 Å². The Morgan fingerprint density at radius 3 is 1.77 bits per heavy atom. The average molecular weight is 413 g/mol. The summed E-state index contributed by atoms with van der Waals surface area (Å²) >= 11 is 0. The van der Waals surface area contributed by atoms with Crippen LogP contribution in [0.3, 0.4) is 0 Å². The predicted molar refractivity (Wildman–Crippen MR) is 126 cm³/mol. The molecule has 0 atom stereocenters. The van der Waals surface area contributed by atoms with Crippen molar-refractivity contribution in [2.75, 3.05) is 0 Å². The van der Waals surface area contributed by atoms with Crippen LogP contribution in [-0.4, -0.2) is 9.97 Å². The zero-order chi connectivity index (χ0) is 21.4. The Morgan fingerprint density at radius 2 is 1.20 bits per heavy atom. The molecule has 0 spiro atoms. The van der Waals surface area contributed by atoms with Crippen molar-refractivity contribution >= 4 is 0 Å². The van der Waals surface area contributed by atoms with Crippen LogP contribution < -0.4 is 0 Å². The van der Waals surface area contributed by atoms with Gasteiger partial charge in [-0.1, -0.05) is 109 Å². The van der Waals surface area contributed by atoms with Gasteiger partial charge in [0, 0.05) is 17.3 Å². The van der Waals surface area contributed by atoms with E-state index in [2.05, 4.69) is 35.9 Å². The van der Waals surface area contributed by atoms with Crippen molar-refractivity contribution in [1.29, 1.82) is 0 Å². The van der Waals surface area contributed by atoms with Gasteiger partial charge < -0.3 is 0 Å². The first-order valence-corrected chi connectivity index (χ1v) is 12.3. The first kappa shape index (κ1) is 24.5. The number of rotatable bonds is 16. The normalized spacial score (nSPS) is 11.2. The molecule has 0 aliphatic rings. The number of aromatic nitrogens is 2. The first-order chi connectivity index (χ1) is 14.7. The van der Waals surface area contributed by atoms with Gasteiger partial charge in [0.05, 0.1) is 0 Å². The fourth-order valence-corrected chi connectivity index (χ4v) is 3.90. The molecule has 0 aliphatic carbocycles. The van der Waals surface area contributed by atoms with Gasteiger partial charge in [-0.3, -0.25) is 0 Å². The molecule has 0 aliphatic heterocycles. The molecule has 0 bridgehead atoms. The molecule has 0 unspecified atom stereocenters. The SMILES string of the molecule is CCCCCCCCCCc1cnc(-c2ccc(CCCCCCC)cc2)nc1F. The Kier molecular flexibility index (Phi) is 12.3. The second-order valence-corrected chi connectivity index (χ2v) is 8.60. The third-order valence-electron chi connectivity index (χ3n) is 5.89. The van der Waals surface area contributed by atoms with Gasteiger partial charge in [0.25, 0.3) is 0 Å². The van der Waals surface area contributed by atoms with E-state index in [1.54, 1.807) is 6.20 Å². The van der Waals surface area contributed by atoms with E-state index >= 15 is 0 Å². The van der Waals surface area contributed by atoms with Crippen LogP contribution in [0.5, 0.6) is 0 Å². The van der Waals surface area contributed by atoms with Crippen LogP contribution in [0.2, 0.25) is 0 Å². The van der Waals surface area contributed by atoms with E-state index in [0.29, 0.717) is 11.4 Å². The van der Waals surface area contributed by atoms with E-state index in [4.69, 9.17) is 0 Å². The number of halogens is 1. The first-order valence-electron chi connectivity index (χ1n) is 12.3. The molecule has 1 aromatic carbocycles. The summed E-state index contributed by atoms with van der Waals surface area (Å²) in [5.74, 6) is 0.129. The summed E-state index contributed by atoms with van der Waals surface area (Å²) in [6.07, 6.45) is 20.0. The van der Waals surface area contributed by atoms with Gasteiger partial charge in [0.1, 0.15) is 0 Å². The van der Waals surface area contributed by atoms with Crippen molar-refractivity contribution < 1.29 is 4.39 Å². The lowest BCUT2D eigenvalue weighted by Crippen LogP contribution is -1.99. The highest BCUT2D eigenvalue weighted by molar-refractivity contribution is 5.55. The van der Waals surface area contributed by atoms with E-state index in [-0.39, 0.29) is 5.95 Å². The summed E-state index contributed by atoms with van der Waals surface area (Å²) in [5, 5.41) is 0. The Balaban J connectivity index is 1.75. The highest BCUT2D eigenvalue weighted by atomic mass is 19.1. The Labute approximate surface area is 183 Å². The van der Waals surface area contributed by atoms with Crippen LogP contribution in [0.4, 0.5) is 4.39 Å². The summed E-state index contributed by atoms with van der Waals surface area (Å²) in [4.78, 5) is 8.57. The standard InChI is InChI=1S/C27H41FN2/c1-3-5-7-9-10-11-13-15-17-25-22-29-27(30-26(25)28)24-20-18-23(19-21-24)16-14-12-8-6-4-2/h18-22H,3-17H2,1-2H3. The number of hydrogen-bond acceptors (Lipinski definition) is 2. The lowest BCUT2D eigenvalue weighted by atomic mass is 10.0. The molecule has 0 saturated carbocycles. The van der Waals surface area contributed by atoms with Gasteiger partial charge in [-0.25, -0.2) is 4.98 Å². The zero-order valence-corrected chi connectivity index (χ0v) is 19.3. The quantitative estimate of drug-likeness (QED) is 0.204. The molecule has 2 aromatic rings. The van der Waals surface area contributed by atoms with E-state index < -0.39 is 0 Å². The maximum Gasteiger partial charge on any atom is 0.219 e. The lowest BCUT2D eigenvalue weighted by Gasteiger charge is -2.07. The number of aryl methyl sites for hydroxylation is 2. The van der Waals surface area contributed by atoms with Crippen molar-refractivity contribution in [3.63, 3.8) is 0 Å². The molecule has 0 amide bonds. The predicted octanol–water partition coefficient (Wildman–Crippen LogP) is 8.48. The second kappa shape index (κ2) is 15.1. The topological polar surface area (TPSA) is 25.8 Å². The van der Waals surface area contributed by atoms with Crippen molar-refractivity contribution in [2.45, 2.75) is 110 Å². The molecule has 30 heavy (non-hydrogen) atoms. The fraction of sp³-hybridized carbons (Fsp3) is 0.630. The molecule has 2 nitrogen and oxygen atoms in total. The van der Waals surface area contributed by atoms with Crippen LogP contribution in [0.15, 0.2) is 30.5 Å². The summed E-state index contributed by atoms with van der Waals surface area (Å²) in [6, 6.07) is 8.30. The maximum absolute atomic E-state index is 14.4. The average Bonchev–Trinajstić information content (AvgIpc) is 2.77. The van der Waals surface area contributed by atoms with Crippen molar-refractivity contribution in [3.8, 4) is 11.4 Å². The van der Waals surface area contributed by atoms with Crippen LogP contribution in [-0.2, 0) is 12.8 Å². The monoisotopic (exact) mass is 412 g/mol. The Hall–Kier alpha value is -1.77. The minimum Gasteiger partial charge on any atom is -0.236 e. The smallest absolute Gasteiger partial charge is 0.219 e. The van der Waals surface area contributed by atoms with E-state index in [9.17, 15) is 4.39 Å². The van der Waals surface area contributed by atoms with Crippen molar-refractivity contribution in [3.05, 3.63) is 47.5 Å². The molecule has 0 N–H and O–H groups in total. The molecular formula is C27H41FN2. The summed E-state index contributed by atoms with van der Waals surface area (Å²) in [5.41, 5.74) is 2.87. The molecular weight excluding hydrogens is 371 g/mol. The highest BCUT2D eigenvalue weighted by Crippen LogP contribution is 2.19. The van der Waals surface area contributed by atoms with Crippen LogP contribution in [0, 0.1) is 5.95 Å². The Morgan fingerprint density at radius 1 is 0.667 bits per heavy atom. The molecule has 3 heteroatoms. The van der Waals surface area contributed by atoms with Crippen LogP contribution in [0.1, 0.15) is 108 Å².